The summed E-state index contributed by atoms with van der Waals surface area (Å²) in [6.45, 7) is 9.03. The van der Waals surface area contributed by atoms with E-state index in [4.69, 9.17) is 0 Å². The predicted octanol–water partition coefficient (Wildman–Crippen LogP) is 4.94. The van der Waals surface area contributed by atoms with Crippen LogP contribution in [0.15, 0.2) is 24.3 Å². The second-order valence-electron chi connectivity index (χ2n) is 4.83. The van der Waals surface area contributed by atoms with Gasteiger partial charge in [-0.3, -0.25) is 0 Å². The standard InChI is InChI=1S/C14H21Br/c1-10(2)12-5-7-13(8-6-12)14(9-15)11(3)4/h5-8,10-11,14H,9H2,1-4H3. The van der Waals surface area contributed by atoms with Crippen molar-refractivity contribution >= 4 is 15.9 Å². The molecule has 0 amide bonds. The maximum Gasteiger partial charge on any atom is 0.0103 e. The molecule has 0 spiro atoms. The van der Waals surface area contributed by atoms with Crippen LogP contribution >= 0.6 is 15.9 Å². The Kier molecular flexibility index (Phi) is 4.85. The SMILES string of the molecule is CC(C)c1ccc(C(CBr)C(C)C)cc1. The Balaban J connectivity index is 2.87. The van der Waals surface area contributed by atoms with Crippen molar-refractivity contribution in [2.24, 2.45) is 5.92 Å². The van der Waals surface area contributed by atoms with Crippen molar-refractivity contribution in [2.75, 3.05) is 5.33 Å². The van der Waals surface area contributed by atoms with Crippen molar-refractivity contribution in [3.63, 3.8) is 0 Å². The molecule has 1 unspecified atom stereocenters. The van der Waals surface area contributed by atoms with Gasteiger partial charge >= 0.3 is 0 Å². The molecule has 0 saturated carbocycles. The van der Waals surface area contributed by atoms with Gasteiger partial charge in [0, 0.05) is 5.33 Å². The smallest absolute Gasteiger partial charge is 0.0103 e. The van der Waals surface area contributed by atoms with Crippen LogP contribution in [0.25, 0.3) is 0 Å². The fourth-order valence-corrected chi connectivity index (χ4v) is 2.90. The van der Waals surface area contributed by atoms with Gasteiger partial charge in [-0.1, -0.05) is 67.9 Å². The van der Waals surface area contributed by atoms with Gasteiger partial charge in [0.25, 0.3) is 0 Å². The Morgan fingerprint density at radius 3 is 1.73 bits per heavy atom. The Labute approximate surface area is 102 Å². The van der Waals surface area contributed by atoms with E-state index in [1.807, 2.05) is 0 Å². The number of hydrogen-bond donors (Lipinski definition) is 0. The van der Waals surface area contributed by atoms with E-state index in [1.54, 1.807) is 0 Å². The van der Waals surface area contributed by atoms with E-state index in [9.17, 15) is 0 Å². The summed E-state index contributed by atoms with van der Waals surface area (Å²) in [5, 5.41) is 1.05. The minimum Gasteiger partial charge on any atom is -0.0921 e. The van der Waals surface area contributed by atoms with E-state index in [0.717, 1.165) is 5.33 Å². The maximum absolute atomic E-state index is 3.60. The van der Waals surface area contributed by atoms with Gasteiger partial charge in [0.2, 0.25) is 0 Å². The zero-order valence-electron chi connectivity index (χ0n) is 10.1. The molecule has 1 aromatic carbocycles. The summed E-state index contributed by atoms with van der Waals surface area (Å²) in [5.74, 6) is 1.95. The average Bonchev–Trinajstić information content (AvgIpc) is 2.19. The van der Waals surface area contributed by atoms with Crippen molar-refractivity contribution in [2.45, 2.75) is 39.5 Å². The Morgan fingerprint density at radius 2 is 1.40 bits per heavy atom. The van der Waals surface area contributed by atoms with Gasteiger partial charge in [-0.15, -0.1) is 0 Å². The number of alkyl halides is 1. The predicted molar refractivity (Wildman–Crippen MR) is 71.9 cm³/mol. The molecule has 0 aromatic heterocycles. The monoisotopic (exact) mass is 268 g/mol. The third-order valence-corrected chi connectivity index (χ3v) is 3.70. The van der Waals surface area contributed by atoms with Crippen molar-refractivity contribution in [1.29, 1.82) is 0 Å². The highest BCUT2D eigenvalue weighted by Crippen LogP contribution is 2.27. The molecule has 15 heavy (non-hydrogen) atoms. The molecule has 0 bridgehead atoms. The van der Waals surface area contributed by atoms with Crippen LogP contribution in [0.2, 0.25) is 0 Å². The second-order valence-corrected chi connectivity index (χ2v) is 5.47. The fraction of sp³-hybridized carbons (Fsp3) is 0.571. The van der Waals surface area contributed by atoms with Gasteiger partial charge in [-0.05, 0) is 28.9 Å². The van der Waals surface area contributed by atoms with E-state index in [1.165, 1.54) is 11.1 Å². The second kappa shape index (κ2) is 5.69. The molecule has 84 valence electrons. The van der Waals surface area contributed by atoms with E-state index >= 15 is 0 Å². The van der Waals surface area contributed by atoms with Gasteiger partial charge in [-0.2, -0.15) is 0 Å². The van der Waals surface area contributed by atoms with Gasteiger partial charge in [0.1, 0.15) is 0 Å². The normalized spacial score (nSPS) is 13.5. The molecule has 0 aliphatic rings. The first-order valence-electron chi connectivity index (χ1n) is 5.72. The lowest BCUT2D eigenvalue weighted by atomic mass is 9.89. The quantitative estimate of drug-likeness (QED) is 0.679. The van der Waals surface area contributed by atoms with Crippen molar-refractivity contribution in [3.05, 3.63) is 35.4 Å². The van der Waals surface area contributed by atoms with Crippen molar-refractivity contribution in [3.8, 4) is 0 Å². The lowest BCUT2D eigenvalue weighted by Crippen LogP contribution is -2.08. The Bertz CT molecular complexity index is 285. The lowest BCUT2D eigenvalue weighted by molar-refractivity contribution is 0.544. The molecule has 0 N–H and O–H groups in total. The third kappa shape index (κ3) is 3.34. The summed E-state index contributed by atoms with van der Waals surface area (Å²) >= 11 is 3.60. The molecule has 1 aromatic rings. The molecule has 1 atom stereocenters. The zero-order valence-corrected chi connectivity index (χ0v) is 11.7. The van der Waals surface area contributed by atoms with Crippen LogP contribution in [0, 0.1) is 5.92 Å². The van der Waals surface area contributed by atoms with E-state index in [2.05, 4.69) is 67.9 Å². The first-order valence-corrected chi connectivity index (χ1v) is 6.84. The van der Waals surface area contributed by atoms with Crippen LogP contribution in [0.1, 0.15) is 50.7 Å². The van der Waals surface area contributed by atoms with Crippen LogP contribution in [0.3, 0.4) is 0 Å². The number of rotatable bonds is 4. The summed E-state index contributed by atoms with van der Waals surface area (Å²) in [5.41, 5.74) is 2.88. The molecule has 0 fully saturated rings. The molecular weight excluding hydrogens is 248 g/mol. The molecule has 0 aliphatic heterocycles. The zero-order chi connectivity index (χ0) is 11.4. The van der Waals surface area contributed by atoms with Crippen molar-refractivity contribution in [1.82, 2.24) is 0 Å². The van der Waals surface area contributed by atoms with Gasteiger partial charge < -0.3 is 0 Å². The highest BCUT2D eigenvalue weighted by atomic mass is 79.9. The number of benzene rings is 1. The lowest BCUT2D eigenvalue weighted by Gasteiger charge is -2.19. The summed E-state index contributed by atoms with van der Waals surface area (Å²) in [4.78, 5) is 0. The Hall–Kier alpha value is -0.300. The first kappa shape index (κ1) is 12.8. The van der Waals surface area contributed by atoms with E-state index in [-0.39, 0.29) is 0 Å². The summed E-state index contributed by atoms with van der Waals surface area (Å²) in [6, 6.07) is 9.08. The molecule has 0 radical (unpaired) electrons. The maximum atomic E-state index is 3.60. The first-order chi connectivity index (χ1) is 7.06. The molecule has 0 nitrogen and oxygen atoms in total. The molecule has 0 aliphatic carbocycles. The van der Waals surface area contributed by atoms with Crippen LogP contribution in [0.5, 0.6) is 0 Å². The highest BCUT2D eigenvalue weighted by Gasteiger charge is 2.14. The van der Waals surface area contributed by atoms with Crippen LogP contribution < -0.4 is 0 Å². The largest absolute Gasteiger partial charge is 0.0921 e. The fourth-order valence-electron chi connectivity index (χ4n) is 1.78. The topological polar surface area (TPSA) is 0 Å². The van der Waals surface area contributed by atoms with E-state index in [0.29, 0.717) is 17.8 Å². The van der Waals surface area contributed by atoms with Crippen LogP contribution in [-0.2, 0) is 0 Å². The molecule has 0 heterocycles. The highest BCUT2D eigenvalue weighted by molar-refractivity contribution is 9.09. The molecule has 0 saturated heterocycles. The number of hydrogen-bond acceptors (Lipinski definition) is 0. The summed E-state index contributed by atoms with van der Waals surface area (Å²) in [7, 11) is 0. The minimum atomic E-state index is 0.625. The minimum absolute atomic E-state index is 0.625. The summed E-state index contributed by atoms with van der Waals surface area (Å²) < 4.78 is 0. The number of halogens is 1. The molecule has 1 heteroatoms. The van der Waals surface area contributed by atoms with Gasteiger partial charge in [0.15, 0.2) is 0 Å². The van der Waals surface area contributed by atoms with Crippen LogP contribution in [0.4, 0.5) is 0 Å². The van der Waals surface area contributed by atoms with Gasteiger partial charge in [-0.25, -0.2) is 0 Å². The molecule has 1 rings (SSSR count). The van der Waals surface area contributed by atoms with E-state index < -0.39 is 0 Å². The van der Waals surface area contributed by atoms with Gasteiger partial charge in [0.05, 0.1) is 0 Å². The third-order valence-electron chi connectivity index (χ3n) is 3.00. The van der Waals surface area contributed by atoms with Crippen LogP contribution in [-0.4, -0.2) is 5.33 Å². The molecular formula is C14H21Br. The Morgan fingerprint density at radius 1 is 0.933 bits per heavy atom. The average molecular weight is 269 g/mol. The summed E-state index contributed by atoms with van der Waals surface area (Å²) in [6.07, 6.45) is 0. The van der Waals surface area contributed by atoms with Crippen molar-refractivity contribution < 1.29 is 0 Å².